The first-order valence-corrected chi connectivity index (χ1v) is 6.26. The molecule has 0 saturated heterocycles. The third-order valence-electron chi connectivity index (χ3n) is 3.31. The molecule has 0 aliphatic rings. The van der Waals surface area contributed by atoms with Gasteiger partial charge in [0.05, 0.1) is 17.6 Å². The summed E-state index contributed by atoms with van der Waals surface area (Å²) in [5, 5.41) is 9.67. The van der Waals surface area contributed by atoms with Crippen molar-refractivity contribution in [1.29, 1.82) is 0 Å². The Bertz CT molecular complexity index is 711. The van der Waals surface area contributed by atoms with Gasteiger partial charge in [-0.2, -0.15) is 0 Å². The highest BCUT2D eigenvalue weighted by molar-refractivity contribution is 5.75. The highest BCUT2D eigenvalue weighted by atomic mass is 16.3. The fourth-order valence-electron chi connectivity index (χ4n) is 2.31. The lowest BCUT2D eigenvalue weighted by Gasteiger charge is -2.09. The molecule has 0 radical (unpaired) electrons. The number of nitrogens with zero attached hydrogens (tertiary/aromatic N) is 4. The number of aromatic nitrogens is 4. The van der Waals surface area contributed by atoms with E-state index in [1.807, 2.05) is 36.0 Å². The Hall–Kier alpha value is -2.14. The maximum Gasteiger partial charge on any atom is 0.137 e. The Morgan fingerprint density at radius 1 is 1.32 bits per heavy atom. The van der Waals surface area contributed by atoms with Gasteiger partial charge in [-0.25, -0.2) is 9.97 Å². The average molecular weight is 256 g/mol. The van der Waals surface area contributed by atoms with Crippen LogP contribution in [0.4, 0.5) is 0 Å². The van der Waals surface area contributed by atoms with Crippen LogP contribution in [0.1, 0.15) is 24.7 Å². The van der Waals surface area contributed by atoms with Crippen LogP contribution in [0.5, 0.6) is 0 Å². The van der Waals surface area contributed by atoms with Gasteiger partial charge in [-0.1, -0.05) is 12.1 Å². The topological polar surface area (TPSA) is 55.9 Å². The van der Waals surface area contributed by atoms with Crippen LogP contribution in [0, 0.1) is 0 Å². The number of hydrogen-bond donors (Lipinski definition) is 1. The van der Waals surface area contributed by atoms with E-state index in [-0.39, 0.29) is 0 Å². The molecule has 2 heterocycles. The fraction of sp³-hybridized carbons (Fsp3) is 0.286. The van der Waals surface area contributed by atoms with Crippen LogP contribution in [-0.2, 0) is 13.6 Å². The molecule has 3 aromatic rings. The third kappa shape index (κ3) is 2.02. The number of aliphatic hydroxyl groups is 1. The second-order valence-corrected chi connectivity index (χ2v) is 4.67. The molecule has 1 atom stereocenters. The Balaban J connectivity index is 2.01. The highest BCUT2D eigenvalue weighted by Gasteiger charge is 2.12. The van der Waals surface area contributed by atoms with Gasteiger partial charge in [-0.05, 0) is 19.1 Å². The van der Waals surface area contributed by atoms with Crippen LogP contribution >= 0.6 is 0 Å². The van der Waals surface area contributed by atoms with Gasteiger partial charge in [0.2, 0.25) is 0 Å². The van der Waals surface area contributed by atoms with E-state index in [1.165, 1.54) is 0 Å². The molecule has 0 fully saturated rings. The first-order valence-electron chi connectivity index (χ1n) is 6.26. The van der Waals surface area contributed by atoms with Crippen LogP contribution in [0.15, 0.2) is 36.7 Å². The second-order valence-electron chi connectivity index (χ2n) is 4.67. The summed E-state index contributed by atoms with van der Waals surface area (Å²) < 4.78 is 3.99. The summed E-state index contributed by atoms with van der Waals surface area (Å²) in [6.45, 7) is 2.32. The Kier molecular flexibility index (Phi) is 2.83. The molecule has 19 heavy (non-hydrogen) atoms. The lowest BCUT2D eigenvalue weighted by atomic mass is 10.3. The van der Waals surface area contributed by atoms with E-state index >= 15 is 0 Å². The molecule has 0 bridgehead atoms. The lowest BCUT2D eigenvalue weighted by Crippen LogP contribution is -2.10. The summed E-state index contributed by atoms with van der Waals surface area (Å²) in [6.07, 6.45) is 2.98. The standard InChI is InChI=1S/C14H16N4O/c1-10(19)14-15-7-8-18(14)9-13-16-11-5-3-4-6-12(11)17(13)2/h3-8,10,19H,9H2,1-2H3. The van der Waals surface area contributed by atoms with E-state index in [2.05, 4.69) is 20.6 Å². The predicted molar refractivity (Wildman–Crippen MR) is 72.7 cm³/mol. The minimum atomic E-state index is -0.579. The smallest absolute Gasteiger partial charge is 0.137 e. The molecule has 0 aliphatic carbocycles. The average Bonchev–Trinajstić information content (AvgIpc) is 2.97. The van der Waals surface area contributed by atoms with Crippen molar-refractivity contribution in [3.05, 3.63) is 48.3 Å². The molecule has 0 amide bonds. The predicted octanol–water partition coefficient (Wildman–Crippen LogP) is 1.87. The molecule has 2 aromatic heterocycles. The molecule has 5 nitrogen and oxygen atoms in total. The van der Waals surface area contributed by atoms with Crippen LogP contribution < -0.4 is 0 Å². The molecular weight excluding hydrogens is 240 g/mol. The van der Waals surface area contributed by atoms with Crippen molar-refractivity contribution in [2.75, 3.05) is 0 Å². The molecule has 1 aromatic carbocycles. The van der Waals surface area contributed by atoms with Crippen molar-refractivity contribution >= 4 is 11.0 Å². The van der Waals surface area contributed by atoms with Gasteiger partial charge in [0.25, 0.3) is 0 Å². The molecule has 3 rings (SSSR count). The molecule has 0 spiro atoms. The van der Waals surface area contributed by atoms with Gasteiger partial charge in [-0.3, -0.25) is 0 Å². The number of fused-ring (bicyclic) bond motifs is 1. The van der Waals surface area contributed by atoms with Crippen LogP contribution in [0.3, 0.4) is 0 Å². The number of rotatable bonds is 3. The molecule has 1 unspecified atom stereocenters. The zero-order chi connectivity index (χ0) is 13.4. The molecule has 5 heteroatoms. The van der Waals surface area contributed by atoms with E-state index < -0.39 is 6.10 Å². The van der Waals surface area contributed by atoms with Crippen molar-refractivity contribution in [2.24, 2.45) is 7.05 Å². The zero-order valence-corrected chi connectivity index (χ0v) is 11.0. The number of benzene rings is 1. The van der Waals surface area contributed by atoms with Gasteiger partial charge < -0.3 is 14.2 Å². The molecular formula is C14H16N4O. The second kappa shape index (κ2) is 4.51. The van der Waals surface area contributed by atoms with Crippen molar-refractivity contribution in [3.63, 3.8) is 0 Å². The Labute approximate surface area is 111 Å². The van der Waals surface area contributed by atoms with Gasteiger partial charge in [0, 0.05) is 19.4 Å². The number of para-hydroxylation sites is 2. The minimum absolute atomic E-state index is 0.579. The third-order valence-corrected chi connectivity index (χ3v) is 3.31. The Morgan fingerprint density at radius 2 is 2.11 bits per heavy atom. The van der Waals surface area contributed by atoms with Gasteiger partial charge in [-0.15, -0.1) is 0 Å². The van der Waals surface area contributed by atoms with Crippen molar-refractivity contribution < 1.29 is 5.11 Å². The van der Waals surface area contributed by atoms with Crippen molar-refractivity contribution in [2.45, 2.75) is 19.6 Å². The lowest BCUT2D eigenvalue weighted by molar-refractivity contribution is 0.184. The van der Waals surface area contributed by atoms with E-state index in [0.29, 0.717) is 12.4 Å². The minimum Gasteiger partial charge on any atom is -0.385 e. The number of hydrogen-bond acceptors (Lipinski definition) is 3. The summed E-state index contributed by atoms with van der Waals surface area (Å²) in [4.78, 5) is 8.79. The quantitative estimate of drug-likeness (QED) is 0.778. The SMILES string of the molecule is CC(O)c1nccn1Cc1nc2ccccc2n1C. The van der Waals surface area contributed by atoms with E-state index in [4.69, 9.17) is 0 Å². The normalized spacial score (nSPS) is 13.0. The van der Waals surface area contributed by atoms with E-state index in [1.54, 1.807) is 13.1 Å². The maximum absolute atomic E-state index is 9.67. The highest BCUT2D eigenvalue weighted by Crippen LogP contribution is 2.17. The largest absolute Gasteiger partial charge is 0.385 e. The summed E-state index contributed by atoms with van der Waals surface area (Å²) in [5.74, 6) is 1.60. The summed E-state index contributed by atoms with van der Waals surface area (Å²) in [7, 11) is 2.00. The molecule has 0 aliphatic heterocycles. The molecule has 0 saturated carbocycles. The summed E-state index contributed by atoms with van der Waals surface area (Å²) in [5.41, 5.74) is 2.09. The van der Waals surface area contributed by atoms with E-state index in [9.17, 15) is 5.11 Å². The fourth-order valence-corrected chi connectivity index (χ4v) is 2.31. The van der Waals surface area contributed by atoms with Crippen molar-refractivity contribution in [3.8, 4) is 0 Å². The molecule has 1 N–H and O–H groups in total. The maximum atomic E-state index is 9.67. The van der Waals surface area contributed by atoms with Gasteiger partial charge >= 0.3 is 0 Å². The zero-order valence-electron chi connectivity index (χ0n) is 11.0. The summed E-state index contributed by atoms with van der Waals surface area (Å²) >= 11 is 0. The van der Waals surface area contributed by atoms with Gasteiger partial charge in [0.15, 0.2) is 0 Å². The number of aryl methyl sites for hydroxylation is 1. The van der Waals surface area contributed by atoms with Crippen LogP contribution in [0.2, 0.25) is 0 Å². The number of aliphatic hydroxyl groups excluding tert-OH is 1. The number of imidazole rings is 2. The summed E-state index contributed by atoms with van der Waals surface area (Å²) in [6, 6.07) is 8.04. The van der Waals surface area contributed by atoms with Crippen molar-refractivity contribution in [1.82, 2.24) is 19.1 Å². The van der Waals surface area contributed by atoms with Crippen LogP contribution in [0.25, 0.3) is 11.0 Å². The van der Waals surface area contributed by atoms with Gasteiger partial charge in [0.1, 0.15) is 17.8 Å². The first kappa shape index (κ1) is 11.9. The monoisotopic (exact) mass is 256 g/mol. The first-order chi connectivity index (χ1) is 9.16. The Morgan fingerprint density at radius 3 is 2.84 bits per heavy atom. The molecule has 98 valence electrons. The van der Waals surface area contributed by atoms with E-state index in [0.717, 1.165) is 16.9 Å². The van der Waals surface area contributed by atoms with Crippen LogP contribution in [-0.4, -0.2) is 24.2 Å².